The number of Topliss-reactive ketones (excluding diaryl/α,β-unsaturated/α-hetero) is 1. The van der Waals surface area contributed by atoms with Crippen molar-refractivity contribution >= 4 is 17.2 Å². The summed E-state index contributed by atoms with van der Waals surface area (Å²) in [7, 11) is 1.78. The van der Waals surface area contributed by atoms with Crippen LogP contribution >= 0.6 is 0 Å². The first-order valence-corrected chi connectivity index (χ1v) is 8.80. The molecule has 0 saturated heterocycles. The van der Waals surface area contributed by atoms with Gasteiger partial charge >= 0.3 is 0 Å². The molecular formula is C20H15F2N5O. The Morgan fingerprint density at radius 1 is 1.14 bits per heavy atom. The zero-order valence-corrected chi connectivity index (χ0v) is 14.9. The number of rotatable bonds is 2. The lowest BCUT2D eigenvalue weighted by Crippen LogP contribution is -2.37. The lowest BCUT2D eigenvalue weighted by atomic mass is 9.78. The molecule has 5 rings (SSSR count). The molecule has 0 bridgehead atoms. The number of anilines is 1. The average Bonchev–Trinajstić information content (AvgIpc) is 3.10. The van der Waals surface area contributed by atoms with Crippen molar-refractivity contribution in [2.45, 2.75) is 12.0 Å². The molecule has 8 heteroatoms. The van der Waals surface area contributed by atoms with Crippen LogP contribution in [-0.4, -0.2) is 32.8 Å². The Balaban J connectivity index is 1.76. The van der Waals surface area contributed by atoms with Crippen LogP contribution in [0.1, 0.15) is 39.3 Å². The van der Waals surface area contributed by atoms with E-state index in [4.69, 9.17) is 0 Å². The monoisotopic (exact) mass is 379 g/mol. The fourth-order valence-electron chi connectivity index (χ4n) is 4.00. The molecule has 1 aromatic heterocycles. The number of hydrogen-bond acceptors (Lipinski definition) is 5. The molecule has 1 unspecified atom stereocenters. The van der Waals surface area contributed by atoms with Crippen LogP contribution in [0, 0.1) is 11.6 Å². The van der Waals surface area contributed by atoms with E-state index in [1.54, 1.807) is 23.9 Å². The van der Waals surface area contributed by atoms with Crippen molar-refractivity contribution < 1.29 is 13.6 Å². The molecule has 2 aromatic carbocycles. The number of halogens is 2. The van der Waals surface area contributed by atoms with Gasteiger partial charge in [-0.1, -0.05) is 12.1 Å². The van der Waals surface area contributed by atoms with Crippen molar-refractivity contribution in [3.63, 3.8) is 0 Å². The second kappa shape index (κ2) is 6.05. The van der Waals surface area contributed by atoms with E-state index in [0.717, 1.165) is 5.56 Å². The van der Waals surface area contributed by atoms with Crippen LogP contribution in [0.5, 0.6) is 0 Å². The van der Waals surface area contributed by atoms with E-state index >= 15 is 0 Å². The maximum atomic E-state index is 14.2. The average molecular weight is 379 g/mol. The molecule has 2 aliphatic heterocycles. The quantitative estimate of drug-likeness (QED) is 0.743. The second-order valence-electron chi connectivity index (χ2n) is 6.89. The number of nitrogens with zero attached hydrogens (tertiary/aromatic N) is 4. The van der Waals surface area contributed by atoms with E-state index in [2.05, 4.69) is 20.4 Å². The highest BCUT2D eigenvalue weighted by Gasteiger charge is 2.42. The number of carbonyl (C=O) groups excluding carboxylic acids is 1. The van der Waals surface area contributed by atoms with E-state index in [1.807, 2.05) is 0 Å². The summed E-state index contributed by atoms with van der Waals surface area (Å²) < 4.78 is 29.3. The Bertz CT molecular complexity index is 1140. The Morgan fingerprint density at radius 3 is 2.64 bits per heavy atom. The number of nitrogens with one attached hydrogen (secondary N) is 1. The standard InChI is InChI=1S/C20H15F2N5O/c1-27-20(24-9-25-27)17-18(10-2-4-11(21)5-3-10)26-14-7-12(22)6-13-15(28)8-23-19(17)16(13)14/h2-7,9,17-18,26H,8H2,1H3/t17-,18?/m1/s1. The number of aromatic nitrogens is 3. The van der Waals surface area contributed by atoms with Gasteiger partial charge in [0.05, 0.1) is 17.7 Å². The van der Waals surface area contributed by atoms with Crippen molar-refractivity contribution in [1.29, 1.82) is 0 Å². The highest BCUT2D eigenvalue weighted by molar-refractivity contribution is 6.21. The van der Waals surface area contributed by atoms with E-state index in [0.29, 0.717) is 28.4 Å². The molecule has 0 spiro atoms. The molecule has 3 aromatic rings. The summed E-state index contributed by atoms with van der Waals surface area (Å²) in [6.07, 6.45) is 1.45. The molecule has 28 heavy (non-hydrogen) atoms. The maximum Gasteiger partial charge on any atom is 0.185 e. The van der Waals surface area contributed by atoms with Gasteiger partial charge in [0.15, 0.2) is 5.78 Å². The first-order valence-electron chi connectivity index (χ1n) is 8.80. The molecule has 0 aliphatic carbocycles. The maximum absolute atomic E-state index is 14.2. The van der Waals surface area contributed by atoms with Gasteiger partial charge in [-0.2, -0.15) is 5.10 Å². The molecule has 0 fully saturated rings. The minimum atomic E-state index is -0.495. The number of aryl methyl sites for hydroxylation is 1. The van der Waals surface area contributed by atoms with Crippen molar-refractivity contribution in [1.82, 2.24) is 14.8 Å². The molecule has 2 aliphatic rings. The highest BCUT2D eigenvalue weighted by Crippen LogP contribution is 2.44. The zero-order valence-electron chi connectivity index (χ0n) is 14.9. The van der Waals surface area contributed by atoms with Crippen molar-refractivity contribution in [3.05, 3.63) is 76.9 Å². The molecule has 0 amide bonds. The third kappa shape index (κ3) is 2.45. The number of aliphatic imine (C=N–C) groups is 1. The Morgan fingerprint density at radius 2 is 1.93 bits per heavy atom. The molecule has 3 heterocycles. The fourth-order valence-corrected chi connectivity index (χ4v) is 4.00. The SMILES string of the molecule is Cn1ncnc1[C@H]1C2=NCC(=O)c3cc(F)cc(c32)NC1c1ccc(F)cc1. The van der Waals surface area contributed by atoms with Crippen LogP contribution in [-0.2, 0) is 7.05 Å². The van der Waals surface area contributed by atoms with E-state index in [9.17, 15) is 13.6 Å². The van der Waals surface area contributed by atoms with Crippen LogP contribution in [0.3, 0.4) is 0 Å². The van der Waals surface area contributed by atoms with Gasteiger partial charge in [-0.25, -0.2) is 13.8 Å². The van der Waals surface area contributed by atoms with Gasteiger partial charge in [0.1, 0.15) is 30.3 Å². The first kappa shape index (κ1) is 16.7. The minimum absolute atomic E-state index is 0.0459. The Hall–Kier alpha value is -3.42. The molecular weight excluding hydrogens is 364 g/mol. The first-order chi connectivity index (χ1) is 13.5. The normalized spacial score (nSPS) is 20.4. The summed E-state index contributed by atoms with van der Waals surface area (Å²) >= 11 is 0. The van der Waals surface area contributed by atoms with Gasteiger partial charge in [0, 0.05) is 23.9 Å². The van der Waals surface area contributed by atoms with Crippen LogP contribution in [0.4, 0.5) is 14.5 Å². The number of ketones is 1. The molecule has 2 atom stereocenters. The number of benzene rings is 2. The molecule has 6 nitrogen and oxygen atoms in total. The highest BCUT2D eigenvalue weighted by atomic mass is 19.1. The fraction of sp³-hybridized carbons (Fsp3) is 0.200. The summed E-state index contributed by atoms with van der Waals surface area (Å²) in [5, 5.41) is 7.49. The molecule has 0 saturated carbocycles. The Labute approximate surface area is 158 Å². The summed E-state index contributed by atoms with van der Waals surface area (Å²) in [4.78, 5) is 21.3. The Kier molecular flexibility index (Phi) is 3.61. The van der Waals surface area contributed by atoms with Crippen LogP contribution in [0.2, 0.25) is 0 Å². The topological polar surface area (TPSA) is 72.2 Å². The van der Waals surface area contributed by atoms with Gasteiger partial charge in [0.25, 0.3) is 0 Å². The van der Waals surface area contributed by atoms with Crippen molar-refractivity contribution in [2.24, 2.45) is 12.0 Å². The molecule has 0 radical (unpaired) electrons. The van der Waals surface area contributed by atoms with Crippen LogP contribution < -0.4 is 5.32 Å². The van der Waals surface area contributed by atoms with E-state index in [1.165, 1.54) is 30.6 Å². The summed E-state index contributed by atoms with van der Waals surface area (Å²) in [6, 6.07) is 8.34. The molecule has 1 N–H and O–H groups in total. The van der Waals surface area contributed by atoms with Crippen LogP contribution in [0.25, 0.3) is 0 Å². The third-order valence-corrected chi connectivity index (χ3v) is 5.25. The van der Waals surface area contributed by atoms with Crippen molar-refractivity contribution in [2.75, 3.05) is 11.9 Å². The number of hydrogen-bond donors (Lipinski definition) is 1. The van der Waals surface area contributed by atoms with Gasteiger partial charge in [-0.05, 0) is 29.8 Å². The zero-order chi connectivity index (χ0) is 19.4. The van der Waals surface area contributed by atoms with Gasteiger partial charge in [0.2, 0.25) is 0 Å². The smallest absolute Gasteiger partial charge is 0.185 e. The lowest BCUT2D eigenvalue weighted by Gasteiger charge is -2.37. The molecule has 140 valence electrons. The summed E-state index contributed by atoms with van der Waals surface area (Å²) in [5.74, 6) is -0.785. The summed E-state index contributed by atoms with van der Waals surface area (Å²) in [6.45, 7) is -0.0459. The largest absolute Gasteiger partial charge is 0.376 e. The van der Waals surface area contributed by atoms with Gasteiger partial charge in [-0.15, -0.1) is 0 Å². The van der Waals surface area contributed by atoms with E-state index in [-0.39, 0.29) is 30.1 Å². The number of carbonyl (C=O) groups is 1. The predicted molar refractivity (Wildman–Crippen MR) is 98.6 cm³/mol. The minimum Gasteiger partial charge on any atom is -0.376 e. The van der Waals surface area contributed by atoms with Gasteiger partial charge < -0.3 is 5.32 Å². The van der Waals surface area contributed by atoms with Gasteiger partial charge in [-0.3, -0.25) is 14.5 Å². The lowest BCUT2D eigenvalue weighted by molar-refractivity contribution is 0.0999. The summed E-state index contributed by atoms with van der Waals surface area (Å²) in [5.41, 5.74) is 2.87. The van der Waals surface area contributed by atoms with E-state index < -0.39 is 5.82 Å². The van der Waals surface area contributed by atoms with Crippen LogP contribution in [0.15, 0.2) is 47.7 Å². The second-order valence-corrected chi connectivity index (χ2v) is 6.89. The van der Waals surface area contributed by atoms with Crippen molar-refractivity contribution in [3.8, 4) is 0 Å². The predicted octanol–water partition coefficient (Wildman–Crippen LogP) is 3.03. The third-order valence-electron chi connectivity index (χ3n) is 5.25.